The summed E-state index contributed by atoms with van der Waals surface area (Å²) in [6, 6.07) is 4.30. The summed E-state index contributed by atoms with van der Waals surface area (Å²) in [6.07, 6.45) is 3.31. The molecule has 2 aromatic rings. The third-order valence-electron chi connectivity index (χ3n) is 3.64. The van der Waals surface area contributed by atoms with Crippen molar-refractivity contribution in [1.29, 1.82) is 0 Å². The lowest BCUT2D eigenvalue weighted by molar-refractivity contribution is 0.240. The van der Waals surface area contributed by atoms with Crippen molar-refractivity contribution in [1.82, 2.24) is 9.97 Å². The number of rotatable bonds is 1. The van der Waals surface area contributed by atoms with Gasteiger partial charge in [-0.05, 0) is 50.3 Å². The van der Waals surface area contributed by atoms with Gasteiger partial charge in [-0.2, -0.15) is 0 Å². The van der Waals surface area contributed by atoms with Crippen LogP contribution in [-0.4, -0.2) is 9.97 Å². The molecule has 0 spiro atoms. The van der Waals surface area contributed by atoms with E-state index in [9.17, 15) is 0 Å². The molecule has 1 aliphatic carbocycles. The maximum absolute atomic E-state index is 6.28. The summed E-state index contributed by atoms with van der Waals surface area (Å²) in [4.78, 5) is 8.05. The van der Waals surface area contributed by atoms with Crippen molar-refractivity contribution in [2.75, 3.05) is 0 Å². The Labute approximate surface area is 95.1 Å². The molecule has 1 heterocycles. The van der Waals surface area contributed by atoms with Crippen LogP contribution in [0.25, 0.3) is 11.0 Å². The number of imidazole rings is 1. The van der Waals surface area contributed by atoms with Gasteiger partial charge >= 0.3 is 0 Å². The monoisotopic (exact) mass is 215 g/mol. The molecule has 1 aliphatic rings. The Balaban J connectivity index is 2.19. The van der Waals surface area contributed by atoms with Crippen LogP contribution in [0.3, 0.4) is 0 Å². The average Bonchev–Trinajstić information content (AvgIpc) is 2.58. The van der Waals surface area contributed by atoms with Crippen molar-refractivity contribution in [3.63, 3.8) is 0 Å². The number of nitrogens with one attached hydrogen (secondary N) is 1. The van der Waals surface area contributed by atoms with Crippen LogP contribution in [-0.2, 0) is 5.54 Å². The Morgan fingerprint density at radius 3 is 2.69 bits per heavy atom. The Hall–Kier alpha value is -1.35. The van der Waals surface area contributed by atoms with Crippen LogP contribution >= 0.6 is 0 Å². The number of hydrogen-bond donors (Lipinski definition) is 2. The van der Waals surface area contributed by atoms with Gasteiger partial charge in [0.2, 0.25) is 0 Å². The molecule has 0 saturated heterocycles. The number of benzene rings is 1. The molecule has 0 aliphatic heterocycles. The highest BCUT2D eigenvalue weighted by molar-refractivity contribution is 5.79. The second-order valence-electron chi connectivity index (χ2n) is 5.07. The summed E-state index contributed by atoms with van der Waals surface area (Å²) in [5.41, 5.74) is 10.8. The van der Waals surface area contributed by atoms with Crippen molar-refractivity contribution in [3.05, 3.63) is 29.1 Å². The topological polar surface area (TPSA) is 54.7 Å². The van der Waals surface area contributed by atoms with Crippen molar-refractivity contribution >= 4 is 11.0 Å². The predicted octanol–water partition coefficient (Wildman–Crippen LogP) is 2.52. The van der Waals surface area contributed by atoms with E-state index in [1.54, 1.807) is 0 Å². The third kappa shape index (κ3) is 1.28. The molecule has 0 amide bonds. The Bertz CT molecular complexity index is 550. The lowest BCUT2D eigenvalue weighted by Gasteiger charge is -2.35. The third-order valence-corrected chi connectivity index (χ3v) is 3.64. The maximum Gasteiger partial charge on any atom is 0.127 e. The van der Waals surface area contributed by atoms with Gasteiger partial charge in [0.25, 0.3) is 0 Å². The van der Waals surface area contributed by atoms with Crippen LogP contribution in [0, 0.1) is 13.8 Å². The molecule has 3 rings (SSSR count). The minimum absolute atomic E-state index is 0.195. The molecule has 1 aromatic carbocycles. The quantitative estimate of drug-likeness (QED) is 0.768. The first-order valence-corrected chi connectivity index (χ1v) is 5.85. The van der Waals surface area contributed by atoms with Crippen molar-refractivity contribution in [2.24, 2.45) is 5.73 Å². The number of nitrogens with two attached hydrogens (primary N) is 1. The number of hydrogen-bond acceptors (Lipinski definition) is 2. The van der Waals surface area contributed by atoms with E-state index in [4.69, 9.17) is 5.73 Å². The van der Waals surface area contributed by atoms with E-state index in [1.807, 2.05) is 0 Å². The van der Waals surface area contributed by atoms with Crippen molar-refractivity contribution in [2.45, 2.75) is 38.6 Å². The van der Waals surface area contributed by atoms with E-state index in [1.165, 1.54) is 17.5 Å². The van der Waals surface area contributed by atoms with Gasteiger partial charge < -0.3 is 10.7 Å². The van der Waals surface area contributed by atoms with Crippen LogP contribution < -0.4 is 5.73 Å². The van der Waals surface area contributed by atoms with Crippen LogP contribution in [0.4, 0.5) is 0 Å². The molecule has 1 aromatic heterocycles. The van der Waals surface area contributed by atoms with Gasteiger partial charge in [-0.25, -0.2) is 4.98 Å². The number of fused-ring (bicyclic) bond motifs is 1. The second-order valence-corrected chi connectivity index (χ2v) is 5.07. The molecule has 0 bridgehead atoms. The highest BCUT2D eigenvalue weighted by Crippen LogP contribution is 2.38. The van der Waals surface area contributed by atoms with Gasteiger partial charge in [0, 0.05) is 0 Å². The number of H-pyrrole nitrogens is 1. The molecule has 0 radical (unpaired) electrons. The van der Waals surface area contributed by atoms with Crippen LogP contribution in [0.2, 0.25) is 0 Å². The molecule has 1 fully saturated rings. The van der Waals surface area contributed by atoms with Gasteiger partial charge in [0.1, 0.15) is 5.82 Å². The Morgan fingerprint density at radius 2 is 2.06 bits per heavy atom. The predicted molar refractivity (Wildman–Crippen MR) is 65.3 cm³/mol. The van der Waals surface area contributed by atoms with Gasteiger partial charge in [0.05, 0.1) is 16.6 Å². The van der Waals surface area contributed by atoms with Crippen LogP contribution in [0.15, 0.2) is 12.1 Å². The molecule has 3 N–H and O–H groups in total. The smallest absolute Gasteiger partial charge is 0.127 e. The zero-order valence-corrected chi connectivity index (χ0v) is 9.80. The molecule has 3 nitrogen and oxygen atoms in total. The normalized spacial score (nSPS) is 18.7. The first-order chi connectivity index (χ1) is 7.58. The zero-order chi connectivity index (χ0) is 11.3. The molecule has 3 heteroatoms. The van der Waals surface area contributed by atoms with Gasteiger partial charge in [0.15, 0.2) is 0 Å². The maximum atomic E-state index is 6.28. The Morgan fingerprint density at radius 1 is 1.31 bits per heavy atom. The number of aryl methyl sites for hydroxylation is 2. The van der Waals surface area contributed by atoms with Crippen molar-refractivity contribution < 1.29 is 0 Å². The lowest BCUT2D eigenvalue weighted by atomic mass is 9.77. The summed E-state index contributed by atoms with van der Waals surface area (Å²) < 4.78 is 0. The molecule has 1 saturated carbocycles. The molecule has 0 unspecified atom stereocenters. The molecule has 84 valence electrons. The largest absolute Gasteiger partial charge is 0.340 e. The first-order valence-electron chi connectivity index (χ1n) is 5.85. The van der Waals surface area contributed by atoms with E-state index < -0.39 is 0 Å². The van der Waals surface area contributed by atoms with Crippen LogP contribution in [0.1, 0.15) is 36.2 Å². The summed E-state index contributed by atoms with van der Waals surface area (Å²) in [6.45, 7) is 4.21. The van der Waals surface area contributed by atoms with Gasteiger partial charge in [-0.3, -0.25) is 0 Å². The highest BCUT2D eigenvalue weighted by Gasteiger charge is 2.37. The number of nitrogens with zero attached hydrogens (tertiary/aromatic N) is 1. The standard InChI is InChI=1S/C13H17N3/c1-8-6-9(2)11-10(7-8)15-12(16-11)13(14)4-3-5-13/h6-7H,3-5,14H2,1-2H3,(H,15,16). The Kier molecular flexibility index (Phi) is 1.89. The van der Waals surface area contributed by atoms with Gasteiger partial charge in [-0.1, -0.05) is 6.07 Å². The van der Waals surface area contributed by atoms with E-state index in [2.05, 4.69) is 35.9 Å². The van der Waals surface area contributed by atoms with Gasteiger partial charge in [-0.15, -0.1) is 0 Å². The summed E-state index contributed by atoms with van der Waals surface area (Å²) in [7, 11) is 0. The van der Waals surface area contributed by atoms with E-state index in [0.717, 1.165) is 29.7 Å². The highest BCUT2D eigenvalue weighted by atomic mass is 15.0. The fraction of sp³-hybridized carbons (Fsp3) is 0.462. The lowest BCUT2D eigenvalue weighted by Crippen LogP contribution is -2.44. The summed E-state index contributed by atoms with van der Waals surface area (Å²) in [5.74, 6) is 0.961. The van der Waals surface area contributed by atoms with E-state index in [-0.39, 0.29) is 5.54 Å². The fourth-order valence-electron chi connectivity index (χ4n) is 2.50. The summed E-state index contributed by atoms with van der Waals surface area (Å²) in [5, 5.41) is 0. The molecular weight excluding hydrogens is 198 g/mol. The summed E-state index contributed by atoms with van der Waals surface area (Å²) >= 11 is 0. The minimum atomic E-state index is -0.195. The molecule has 16 heavy (non-hydrogen) atoms. The SMILES string of the molecule is Cc1cc(C)c2nc(C3(N)CCC3)[nH]c2c1. The number of aromatic amines is 1. The first kappa shape index (κ1) is 9.85. The van der Waals surface area contributed by atoms with E-state index in [0.29, 0.717) is 0 Å². The zero-order valence-electron chi connectivity index (χ0n) is 9.80. The molecular formula is C13H17N3. The minimum Gasteiger partial charge on any atom is -0.340 e. The number of aromatic nitrogens is 2. The second kappa shape index (κ2) is 3.08. The molecule has 0 atom stereocenters. The fourth-order valence-corrected chi connectivity index (χ4v) is 2.50. The average molecular weight is 215 g/mol. The van der Waals surface area contributed by atoms with Crippen molar-refractivity contribution in [3.8, 4) is 0 Å². The van der Waals surface area contributed by atoms with Crippen LogP contribution in [0.5, 0.6) is 0 Å². The van der Waals surface area contributed by atoms with E-state index >= 15 is 0 Å².